The molecule has 0 atom stereocenters. The van der Waals surface area contributed by atoms with Crippen molar-refractivity contribution in [3.8, 4) is 0 Å². The molecule has 0 radical (unpaired) electrons. The largest absolute Gasteiger partial charge is 0.328 e. The molecule has 0 N–H and O–H groups in total. The number of aryl methyl sites for hydroxylation is 1. The Balaban J connectivity index is 2.43. The molecule has 0 saturated heterocycles. The smallest absolute Gasteiger partial charge is 0.228 e. The van der Waals surface area contributed by atoms with E-state index < -0.39 is 0 Å². The van der Waals surface area contributed by atoms with E-state index in [1.54, 1.807) is 35.2 Å². The van der Waals surface area contributed by atoms with E-state index in [1.165, 1.54) is 0 Å². The molecule has 2 rings (SSSR count). The van der Waals surface area contributed by atoms with Crippen molar-refractivity contribution in [2.75, 3.05) is 0 Å². The molecule has 1 heterocycles. The fourth-order valence-corrected chi connectivity index (χ4v) is 2.45. The SMILES string of the molecule is CCn1ccnc1C(=O)c1cc(Cl)cc(Br)c1. The van der Waals surface area contributed by atoms with Crippen LogP contribution in [0.2, 0.25) is 5.02 Å². The number of benzene rings is 1. The van der Waals surface area contributed by atoms with Crippen LogP contribution in [0.25, 0.3) is 0 Å². The summed E-state index contributed by atoms with van der Waals surface area (Å²) in [5.74, 6) is 0.307. The van der Waals surface area contributed by atoms with E-state index in [1.807, 2.05) is 6.92 Å². The first-order chi connectivity index (χ1) is 8.11. The average molecular weight is 314 g/mol. The molecule has 3 nitrogen and oxygen atoms in total. The summed E-state index contributed by atoms with van der Waals surface area (Å²) in [6.07, 6.45) is 3.41. The van der Waals surface area contributed by atoms with Crippen LogP contribution in [0.5, 0.6) is 0 Å². The Hall–Kier alpha value is -1.13. The summed E-state index contributed by atoms with van der Waals surface area (Å²) >= 11 is 9.24. The zero-order valence-corrected chi connectivity index (χ0v) is 11.5. The van der Waals surface area contributed by atoms with Crippen molar-refractivity contribution in [1.82, 2.24) is 9.55 Å². The van der Waals surface area contributed by atoms with Crippen molar-refractivity contribution in [2.45, 2.75) is 13.5 Å². The van der Waals surface area contributed by atoms with Gasteiger partial charge in [-0.25, -0.2) is 4.98 Å². The first-order valence-corrected chi connectivity index (χ1v) is 6.31. The topological polar surface area (TPSA) is 34.9 Å². The highest BCUT2D eigenvalue weighted by Gasteiger charge is 2.15. The number of nitrogens with zero attached hydrogens (tertiary/aromatic N) is 2. The second-order valence-electron chi connectivity index (χ2n) is 3.52. The standard InChI is InChI=1S/C12H10BrClN2O/c1-2-16-4-3-15-12(16)11(17)8-5-9(13)7-10(14)6-8/h3-7H,2H2,1H3. The maximum absolute atomic E-state index is 12.2. The summed E-state index contributed by atoms with van der Waals surface area (Å²) in [7, 11) is 0. The number of halogens is 2. The lowest BCUT2D eigenvalue weighted by atomic mass is 10.1. The van der Waals surface area contributed by atoms with E-state index >= 15 is 0 Å². The number of imidazole rings is 1. The average Bonchev–Trinajstić information content (AvgIpc) is 2.74. The Morgan fingerprint density at radius 2 is 2.24 bits per heavy atom. The van der Waals surface area contributed by atoms with Gasteiger partial charge in [0.2, 0.25) is 5.78 Å². The third-order valence-electron chi connectivity index (χ3n) is 2.38. The Labute approximate surface area is 113 Å². The molecule has 0 aliphatic carbocycles. The maximum Gasteiger partial charge on any atom is 0.228 e. The number of rotatable bonds is 3. The van der Waals surface area contributed by atoms with Gasteiger partial charge in [-0.1, -0.05) is 27.5 Å². The fourth-order valence-electron chi connectivity index (χ4n) is 1.59. The molecule has 0 aliphatic rings. The van der Waals surface area contributed by atoms with Crippen molar-refractivity contribution in [1.29, 1.82) is 0 Å². The highest BCUT2D eigenvalue weighted by Crippen LogP contribution is 2.21. The number of carbonyl (C=O) groups is 1. The van der Waals surface area contributed by atoms with Gasteiger partial charge in [-0.3, -0.25) is 4.79 Å². The fraction of sp³-hybridized carbons (Fsp3) is 0.167. The van der Waals surface area contributed by atoms with E-state index in [0.717, 1.165) is 4.47 Å². The van der Waals surface area contributed by atoms with Crippen LogP contribution < -0.4 is 0 Å². The van der Waals surface area contributed by atoms with Crippen LogP contribution in [0.4, 0.5) is 0 Å². The van der Waals surface area contributed by atoms with Gasteiger partial charge in [0, 0.05) is 34.0 Å². The van der Waals surface area contributed by atoms with Gasteiger partial charge in [0.05, 0.1) is 0 Å². The number of aromatic nitrogens is 2. The van der Waals surface area contributed by atoms with Gasteiger partial charge < -0.3 is 4.57 Å². The normalized spacial score (nSPS) is 10.5. The molecule has 0 unspecified atom stereocenters. The van der Waals surface area contributed by atoms with Crippen LogP contribution in [0, 0.1) is 0 Å². The number of hydrogen-bond donors (Lipinski definition) is 0. The van der Waals surface area contributed by atoms with Gasteiger partial charge >= 0.3 is 0 Å². The number of carbonyl (C=O) groups excluding carboxylic acids is 1. The molecule has 0 spiro atoms. The minimum atomic E-state index is -0.125. The van der Waals surface area contributed by atoms with Crippen LogP contribution in [0.15, 0.2) is 35.1 Å². The Kier molecular flexibility index (Phi) is 3.64. The Morgan fingerprint density at radius 1 is 1.47 bits per heavy atom. The lowest BCUT2D eigenvalue weighted by molar-refractivity contribution is 0.102. The van der Waals surface area contributed by atoms with Crippen molar-refractivity contribution in [3.63, 3.8) is 0 Å². The molecule has 17 heavy (non-hydrogen) atoms. The van der Waals surface area contributed by atoms with Gasteiger partial charge in [-0.05, 0) is 25.1 Å². The zero-order valence-electron chi connectivity index (χ0n) is 9.15. The third kappa shape index (κ3) is 2.58. The lowest BCUT2D eigenvalue weighted by Crippen LogP contribution is -2.10. The van der Waals surface area contributed by atoms with Crippen LogP contribution in [-0.2, 0) is 6.54 Å². The van der Waals surface area contributed by atoms with E-state index in [-0.39, 0.29) is 5.78 Å². The van der Waals surface area contributed by atoms with E-state index in [0.29, 0.717) is 23.0 Å². The molecular weight excluding hydrogens is 304 g/mol. The molecular formula is C12H10BrClN2O. The van der Waals surface area contributed by atoms with Crippen LogP contribution in [-0.4, -0.2) is 15.3 Å². The van der Waals surface area contributed by atoms with Crippen LogP contribution >= 0.6 is 27.5 Å². The summed E-state index contributed by atoms with van der Waals surface area (Å²) in [6, 6.07) is 5.12. The monoisotopic (exact) mass is 312 g/mol. The quantitative estimate of drug-likeness (QED) is 0.812. The van der Waals surface area contributed by atoms with Gasteiger partial charge in [-0.15, -0.1) is 0 Å². The highest BCUT2D eigenvalue weighted by molar-refractivity contribution is 9.10. The summed E-state index contributed by atoms with van der Waals surface area (Å²) in [6.45, 7) is 2.68. The lowest BCUT2D eigenvalue weighted by Gasteiger charge is -2.04. The van der Waals surface area contributed by atoms with E-state index in [2.05, 4.69) is 20.9 Å². The molecule has 0 bridgehead atoms. The summed E-state index contributed by atoms with van der Waals surface area (Å²) in [5.41, 5.74) is 0.533. The second-order valence-corrected chi connectivity index (χ2v) is 4.88. The van der Waals surface area contributed by atoms with Crippen molar-refractivity contribution >= 4 is 33.3 Å². The molecule has 0 amide bonds. The van der Waals surface area contributed by atoms with Gasteiger partial charge in [0.25, 0.3) is 0 Å². The predicted molar refractivity (Wildman–Crippen MR) is 70.5 cm³/mol. The minimum absolute atomic E-state index is 0.125. The first-order valence-electron chi connectivity index (χ1n) is 5.13. The van der Waals surface area contributed by atoms with E-state index in [9.17, 15) is 4.79 Å². The molecule has 5 heteroatoms. The maximum atomic E-state index is 12.2. The molecule has 88 valence electrons. The number of ketones is 1. The van der Waals surface area contributed by atoms with Gasteiger partial charge in [0.1, 0.15) is 0 Å². The van der Waals surface area contributed by atoms with Crippen LogP contribution in [0.3, 0.4) is 0 Å². The van der Waals surface area contributed by atoms with Gasteiger partial charge in [0.15, 0.2) is 5.82 Å². The summed E-state index contributed by atoms with van der Waals surface area (Å²) < 4.78 is 2.58. The highest BCUT2D eigenvalue weighted by atomic mass is 79.9. The zero-order chi connectivity index (χ0) is 12.4. The summed E-state index contributed by atoms with van der Waals surface area (Å²) in [5, 5.41) is 0.525. The van der Waals surface area contributed by atoms with Crippen molar-refractivity contribution in [2.24, 2.45) is 0 Å². The van der Waals surface area contributed by atoms with E-state index in [4.69, 9.17) is 11.6 Å². The third-order valence-corrected chi connectivity index (χ3v) is 3.06. The van der Waals surface area contributed by atoms with Crippen molar-refractivity contribution < 1.29 is 4.79 Å². The molecule has 1 aromatic carbocycles. The van der Waals surface area contributed by atoms with Gasteiger partial charge in [-0.2, -0.15) is 0 Å². The molecule has 2 aromatic rings. The molecule has 0 fully saturated rings. The Bertz CT molecular complexity index is 545. The minimum Gasteiger partial charge on any atom is -0.328 e. The first kappa shape index (κ1) is 12.3. The second kappa shape index (κ2) is 5.02. The molecule has 1 aromatic heterocycles. The molecule has 0 aliphatic heterocycles. The van der Waals surface area contributed by atoms with Crippen LogP contribution in [0.1, 0.15) is 23.1 Å². The summed E-state index contributed by atoms with van der Waals surface area (Å²) in [4.78, 5) is 16.3. The number of hydrogen-bond acceptors (Lipinski definition) is 2. The molecule has 0 saturated carbocycles. The predicted octanol–water partition coefficient (Wildman–Crippen LogP) is 3.55. The van der Waals surface area contributed by atoms with Crippen molar-refractivity contribution in [3.05, 3.63) is 51.5 Å². The Morgan fingerprint density at radius 3 is 2.88 bits per heavy atom.